The number of thiophene rings is 1. The van der Waals surface area contributed by atoms with Crippen LogP contribution in [0.5, 0.6) is 0 Å². The Hall–Kier alpha value is -6.43. The number of hydrogen-bond donors (Lipinski definition) is 0. The largest absolute Gasteiger partial charge is 0.309 e. The number of benzene rings is 7. The van der Waals surface area contributed by atoms with E-state index in [-0.39, 0.29) is 0 Å². The minimum absolute atomic E-state index is 0.643. The Kier molecular flexibility index (Phi) is 6.64. The molecule has 0 amide bonds. The number of fused-ring (bicyclic) bond motifs is 6. The van der Waals surface area contributed by atoms with Crippen LogP contribution >= 0.6 is 11.3 Å². The fraction of sp³-hybridized carbons (Fsp3) is 0. The lowest BCUT2D eigenvalue weighted by atomic mass is 10.0. The van der Waals surface area contributed by atoms with E-state index < -0.39 is 0 Å². The molecule has 0 aliphatic carbocycles. The summed E-state index contributed by atoms with van der Waals surface area (Å²) < 4.78 is 4.89. The molecule has 10 rings (SSSR count). The molecule has 234 valence electrons. The van der Waals surface area contributed by atoms with Crippen molar-refractivity contribution in [2.75, 3.05) is 0 Å². The van der Waals surface area contributed by atoms with Gasteiger partial charge in [0.05, 0.1) is 11.0 Å². The van der Waals surface area contributed by atoms with Crippen LogP contribution in [0.4, 0.5) is 0 Å². The third-order valence-corrected chi connectivity index (χ3v) is 10.6. The number of nitrogens with zero attached hydrogens (tertiary/aromatic N) is 4. The first-order valence-electron chi connectivity index (χ1n) is 16.7. The quantitative estimate of drug-likeness (QED) is 0.185. The maximum Gasteiger partial charge on any atom is 0.164 e. The molecule has 0 radical (unpaired) electrons. The van der Waals surface area contributed by atoms with E-state index in [9.17, 15) is 0 Å². The Balaban J connectivity index is 1.10. The van der Waals surface area contributed by atoms with Gasteiger partial charge < -0.3 is 4.57 Å². The standard InChI is InChI=1S/C45H28N4S/c1-2-12-29(13-3-1)43-46-44(48-45(47-43)33-24-25-42-38(28-33)37-20-6-9-23-41(37)50-42)32-16-10-14-30(26-32)31-15-11-17-34(27-31)49-39-21-7-4-18-35(39)36-19-5-8-22-40(36)49/h1-28H. The van der Waals surface area contributed by atoms with Crippen molar-refractivity contribution in [2.45, 2.75) is 0 Å². The van der Waals surface area contributed by atoms with Crippen LogP contribution < -0.4 is 0 Å². The van der Waals surface area contributed by atoms with Crippen LogP contribution in [-0.2, 0) is 0 Å². The van der Waals surface area contributed by atoms with Gasteiger partial charge >= 0.3 is 0 Å². The molecule has 3 heterocycles. The minimum atomic E-state index is 0.643. The summed E-state index contributed by atoms with van der Waals surface area (Å²) in [5.74, 6) is 1.95. The third-order valence-electron chi connectivity index (χ3n) is 9.44. The van der Waals surface area contributed by atoms with E-state index in [1.807, 2.05) is 29.5 Å². The first kappa shape index (κ1) is 28.6. The van der Waals surface area contributed by atoms with Crippen molar-refractivity contribution < 1.29 is 0 Å². The highest BCUT2D eigenvalue weighted by molar-refractivity contribution is 7.25. The van der Waals surface area contributed by atoms with Crippen molar-refractivity contribution in [3.05, 3.63) is 170 Å². The molecule has 0 aliphatic heterocycles. The van der Waals surface area contributed by atoms with Crippen LogP contribution in [0.1, 0.15) is 0 Å². The molecule has 7 aromatic carbocycles. The highest BCUT2D eigenvalue weighted by Crippen LogP contribution is 2.37. The summed E-state index contributed by atoms with van der Waals surface area (Å²) in [6, 6.07) is 59.8. The van der Waals surface area contributed by atoms with E-state index >= 15 is 0 Å². The number of hydrogen-bond acceptors (Lipinski definition) is 4. The Morgan fingerprint density at radius 2 is 0.860 bits per heavy atom. The van der Waals surface area contributed by atoms with Crippen LogP contribution in [-0.4, -0.2) is 19.5 Å². The molecule has 10 aromatic rings. The van der Waals surface area contributed by atoms with Crippen LogP contribution in [0.2, 0.25) is 0 Å². The van der Waals surface area contributed by atoms with Crippen molar-refractivity contribution >= 4 is 53.3 Å². The van der Waals surface area contributed by atoms with Gasteiger partial charge in [-0.2, -0.15) is 0 Å². The van der Waals surface area contributed by atoms with Crippen LogP contribution in [0.3, 0.4) is 0 Å². The molecule has 0 fully saturated rings. The Bertz CT molecular complexity index is 2830. The summed E-state index contributed by atoms with van der Waals surface area (Å²) in [4.78, 5) is 15.2. The summed E-state index contributed by atoms with van der Waals surface area (Å²) in [6.45, 7) is 0. The molecule has 4 nitrogen and oxygen atoms in total. The normalized spacial score (nSPS) is 11.6. The summed E-state index contributed by atoms with van der Waals surface area (Å²) in [5, 5.41) is 4.97. The van der Waals surface area contributed by atoms with Crippen molar-refractivity contribution in [3.63, 3.8) is 0 Å². The molecule has 0 spiro atoms. The molecular weight excluding hydrogens is 629 g/mol. The third kappa shape index (κ3) is 4.79. The second-order valence-corrected chi connectivity index (χ2v) is 13.6. The van der Waals surface area contributed by atoms with E-state index in [0.717, 1.165) is 33.5 Å². The van der Waals surface area contributed by atoms with E-state index in [1.54, 1.807) is 0 Å². The summed E-state index contributed by atoms with van der Waals surface area (Å²) in [7, 11) is 0. The predicted molar refractivity (Wildman–Crippen MR) is 209 cm³/mol. The average Bonchev–Trinajstić information content (AvgIpc) is 3.74. The molecule has 5 heteroatoms. The number of aromatic nitrogens is 4. The van der Waals surface area contributed by atoms with Crippen molar-refractivity contribution in [1.82, 2.24) is 19.5 Å². The number of rotatable bonds is 5. The average molecular weight is 657 g/mol. The Morgan fingerprint density at radius 1 is 0.340 bits per heavy atom. The van der Waals surface area contributed by atoms with Crippen molar-refractivity contribution in [3.8, 4) is 51.0 Å². The predicted octanol–water partition coefficient (Wildman–Crippen LogP) is 12.0. The second kappa shape index (κ2) is 11.6. The van der Waals surface area contributed by atoms with Crippen molar-refractivity contribution in [2.24, 2.45) is 0 Å². The van der Waals surface area contributed by atoms with Gasteiger partial charge in [0.25, 0.3) is 0 Å². The van der Waals surface area contributed by atoms with Gasteiger partial charge in [-0.3, -0.25) is 0 Å². The molecule has 3 aromatic heterocycles. The van der Waals surface area contributed by atoms with E-state index in [4.69, 9.17) is 15.0 Å². The highest BCUT2D eigenvalue weighted by atomic mass is 32.1. The molecule has 0 bridgehead atoms. The van der Waals surface area contributed by atoms with Gasteiger partial charge in [-0.15, -0.1) is 11.3 Å². The highest BCUT2D eigenvalue weighted by Gasteiger charge is 2.16. The Morgan fingerprint density at radius 3 is 1.60 bits per heavy atom. The Labute approximate surface area is 292 Å². The second-order valence-electron chi connectivity index (χ2n) is 12.5. The van der Waals surface area contributed by atoms with E-state index in [1.165, 1.54) is 42.0 Å². The maximum atomic E-state index is 5.11. The van der Waals surface area contributed by atoms with Gasteiger partial charge in [-0.1, -0.05) is 115 Å². The van der Waals surface area contributed by atoms with Gasteiger partial charge in [0.1, 0.15) is 0 Å². The van der Waals surface area contributed by atoms with Crippen LogP contribution in [0.25, 0.3) is 93.0 Å². The first-order valence-corrected chi connectivity index (χ1v) is 17.5. The lowest BCUT2D eigenvalue weighted by Gasteiger charge is -2.12. The van der Waals surface area contributed by atoms with Gasteiger partial charge in [-0.05, 0) is 65.7 Å². The maximum absolute atomic E-state index is 5.11. The van der Waals surface area contributed by atoms with Gasteiger partial charge in [-0.25, -0.2) is 15.0 Å². The number of para-hydroxylation sites is 2. The summed E-state index contributed by atoms with van der Waals surface area (Å²) >= 11 is 1.81. The molecule has 0 N–H and O–H groups in total. The molecule has 0 atom stereocenters. The van der Waals surface area contributed by atoms with E-state index in [2.05, 4.69) is 156 Å². The zero-order valence-electron chi connectivity index (χ0n) is 26.9. The summed E-state index contributed by atoms with van der Waals surface area (Å²) in [5.41, 5.74) is 8.59. The first-order chi connectivity index (χ1) is 24.8. The zero-order valence-corrected chi connectivity index (χ0v) is 27.7. The molecular formula is C45H28N4S. The monoisotopic (exact) mass is 656 g/mol. The minimum Gasteiger partial charge on any atom is -0.309 e. The molecule has 0 aliphatic rings. The van der Waals surface area contributed by atoms with Gasteiger partial charge in [0, 0.05) is 53.3 Å². The summed E-state index contributed by atoms with van der Waals surface area (Å²) in [6.07, 6.45) is 0. The molecule has 0 saturated heterocycles. The fourth-order valence-electron chi connectivity index (χ4n) is 7.08. The molecule has 0 saturated carbocycles. The van der Waals surface area contributed by atoms with Crippen LogP contribution in [0, 0.1) is 0 Å². The van der Waals surface area contributed by atoms with Crippen LogP contribution in [0.15, 0.2) is 170 Å². The van der Waals surface area contributed by atoms with Crippen molar-refractivity contribution in [1.29, 1.82) is 0 Å². The van der Waals surface area contributed by atoms with Gasteiger partial charge in [0.15, 0.2) is 17.5 Å². The van der Waals surface area contributed by atoms with Gasteiger partial charge in [0.2, 0.25) is 0 Å². The topological polar surface area (TPSA) is 43.6 Å². The molecule has 0 unspecified atom stereocenters. The smallest absolute Gasteiger partial charge is 0.164 e. The lowest BCUT2D eigenvalue weighted by molar-refractivity contribution is 1.07. The fourth-order valence-corrected chi connectivity index (χ4v) is 8.17. The zero-order chi connectivity index (χ0) is 33.0. The van der Waals surface area contributed by atoms with E-state index in [0.29, 0.717) is 17.5 Å². The SMILES string of the molecule is c1ccc(-c2nc(-c3cccc(-c4cccc(-n5c6ccccc6c6ccccc65)c4)c3)nc(-c3ccc4sc5ccccc5c4c3)n2)cc1. The lowest BCUT2D eigenvalue weighted by Crippen LogP contribution is -2.00. The molecule has 50 heavy (non-hydrogen) atoms.